The number of aliphatic hydroxyl groups excluding tert-OH is 1. The Morgan fingerprint density at radius 3 is 3.00 bits per heavy atom. The minimum atomic E-state index is -0.422. The van der Waals surface area contributed by atoms with E-state index in [0.717, 1.165) is 12.8 Å². The van der Waals surface area contributed by atoms with E-state index < -0.39 is 6.10 Å². The standard InChI is InChI=1S/C15H18N4O2/c1-18(9-13(20)11-2-3-11)15(21)12-4-5-17-14(8-12)19-7-6-16-10-19/h4-8,10-11,13,20H,2-3,9H2,1H3. The lowest BCUT2D eigenvalue weighted by molar-refractivity contribution is 0.0645. The van der Waals surface area contributed by atoms with Gasteiger partial charge in [0, 0.05) is 37.7 Å². The van der Waals surface area contributed by atoms with Crippen LogP contribution in [0.15, 0.2) is 37.1 Å². The molecule has 0 spiro atoms. The lowest BCUT2D eigenvalue weighted by atomic mass is 10.2. The Labute approximate surface area is 123 Å². The number of pyridine rings is 1. The van der Waals surface area contributed by atoms with Crippen molar-refractivity contribution in [3.8, 4) is 5.82 Å². The summed E-state index contributed by atoms with van der Waals surface area (Å²) < 4.78 is 1.75. The van der Waals surface area contributed by atoms with E-state index in [9.17, 15) is 9.90 Å². The molecule has 1 saturated carbocycles. The third-order valence-corrected chi connectivity index (χ3v) is 3.74. The van der Waals surface area contributed by atoms with Crippen molar-refractivity contribution < 1.29 is 9.90 Å². The van der Waals surface area contributed by atoms with Gasteiger partial charge in [0.1, 0.15) is 12.1 Å². The number of imidazole rings is 1. The number of carbonyl (C=O) groups is 1. The quantitative estimate of drug-likeness (QED) is 0.894. The Bertz CT molecular complexity index is 622. The molecule has 1 aliphatic rings. The molecule has 1 N–H and O–H groups in total. The highest BCUT2D eigenvalue weighted by Gasteiger charge is 2.31. The van der Waals surface area contributed by atoms with E-state index in [4.69, 9.17) is 0 Å². The molecule has 6 heteroatoms. The molecule has 6 nitrogen and oxygen atoms in total. The van der Waals surface area contributed by atoms with Gasteiger partial charge in [0.05, 0.1) is 6.10 Å². The van der Waals surface area contributed by atoms with Gasteiger partial charge in [0.2, 0.25) is 0 Å². The molecule has 0 radical (unpaired) electrons. The molecule has 2 heterocycles. The minimum Gasteiger partial charge on any atom is -0.391 e. The summed E-state index contributed by atoms with van der Waals surface area (Å²) in [4.78, 5) is 22.2. The van der Waals surface area contributed by atoms with Crippen LogP contribution in [0, 0.1) is 5.92 Å². The Hall–Kier alpha value is -2.21. The highest BCUT2D eigenvalue weighted by Crippen LogP contribution is 2.32. The van der Waals surface area contributed by atoms with Crippen LogP contribution < -0.4 is 0 Å². The van der Waals surface area contributed by atoms with Gasteiger partial charge in [-0.15, -0.1) is 0 Å². The molecule has 0 bridgehead atoms. The predicted molar refractivity (Wildman–Crippen MR) is 77.1 cm³/mol. The van der Waals surface area contributed by atoms with E-state index in [1.54, 1.807) is 53.6 Å². The summed E-state index contributed by atoms with van der Waals surface area (Å²) in [5.41, 5.74) is 0.555. The molecule has 1 atom stereocenters. The second-order valence-electron chi connectivity index (χ2n) is 5.46. The number of likely N-dealkylation sites (N-methyl/N-ethyl adjacent to an activating group) is 1. The molecular formula is C15H18N4O2. The van der Waals surface area contributed by atoms with Crippen LogP contribution in [0.4, 0.5) is 0 Å². The van der Waals surface area contributed by atoms with Crippen LogP contribution >= 0.6 is 0 Å². The molecule has 0 aliphatic heterocycles. The Kier molecular flexibility index (Phi) is 3.70. The van der Waals surface area contributed by atoms with E-state index >= 15 is 0 Å². The summed E-state index contributed by atoms with van der Waals surface area (Å²) in [5.74, 6) is 0.896. The fourth-order valence-electron chi connectivity index (χ4n) is 2.30. The number of amides is 1. The van der Waals surface area contributed by atoms with Crippen molar-refractivity contribution in [3.63, 3.8) is 0 Å². The highest BCUT2D eigenvalue weighted by atomic mass is 16.3. The smallest absolute Gasteiger partial charge is 0.253 e. The fourth-order valence-corrected chi connectivity index (χ4v) is 2.30. The monoisotopic (exact) mass is 286 g/mol. The van der Waals surface area contributed by atoms with Gasteiger partial charge >= 0.3 is 0 Å². The topological polar surface area (TPSA) is 71.2 Å². The maximum atomic E-state index is 12.4. The zero-order valence-electron chi connectivity index (χ0n) is 11.9. The number of carbonyl (C=O) groups excluding carboxylic acids is 1. The molecule has 0 saturated heterocycles. The van der Waals surface area contributed by atoms with Crippen LogP contribution in [-0.2, 0) is 0 Å². The number of rotatable bonds is 5. The van der Waals surface area contributed by atoms with Crippen molar-refractivity contribution in [2.45, 2.75) is 18.9 Å². The summed E-state index contributed by atoms with van der Waals surface area (Å²) in [6.45, 7) is 0.367. The van der Waals surface area contributed by atoms with E-state index in [2.05, 4.69) is 9.97 Å². The van der Waals surface area contributed by atoms with Gasteiger partial charge in [0.25, 0.3) is 5.91 Å². The largest absolute Gasteiger partial charge is 0.391 e. The van der Waals surface area contributed by atoms with Gasteiger partial charge in [0.15, 0.2) is 0 Å². The average molecular weight is 286 g/mol. The number of hydrogen-bond acceptors (Lipinski definition) is 4. The van der Waals surface area contributed by atoms with E-state index in [0.29, 0.717) is 23.8 Å². The van der Waals surface area contributed by atoms with Crippen LogP contribution in [-0.4, -0.2) is 50.1 Å². The zero-order chi connectivity index (χ0) is 14.8. The maximum absolute atomic E-state index is 12.4. The van der Waals surface area contributed by atoms with Crippen molar-refractivity contribution in [1.29, 1.82) is 0 Å². The van der Waals surface area contributed by atoms with Gasteiger partial charge in [-0.2, -0.15) is 0 Å². The Morgan fingerprint density at radius 2 is 2.33 bits per heavy atom. The van der Waals surface area contributed by atoms with Crippen LogP contribution in [0.5, 0.6) is 0 Å². The molecule has 0 aromatic carbocycles. The van der Waals surface area contributed by atoms with Gasteiger partial charge in [-0.3, -0.25) is 9.36 Å². The Morgan fingerprint density at radius 1 is 1.52 bits per heavy atom. The molecule has 1 aliphatic carbocycles. The minimum absolute atomic E-state index is 0.113. The second-order valence-corrected chi connectivity index (χ2v) is 5.46. The Balaban J connectivity index is 1.73. The molecule has 2 aromatic heterocycles. The molecule has 1 unspecified atom stereocenters. The molecule has 1 amide bonds. The molecule has 1 fully saturated rings. The first-order chi connectivity index (χ1) is 10.1. The lowest BCUT2D eigenvalue weighted by Crippen LogP contribution is -2.35. The third kappa shape index (κ3) is 3.11. The number of hydrogen-bond donors (Lipinski definition) is 1. The molecule has 110 valence electrons. The van der Waals surface area contributed by atoms with Gasteiger partial charge in [-0.1, -0.05) is 0 Å². The first-order valence-corrected chi connectivity index (χ1v) is 7.03. The van der Waals surface area contributed by atoms with Crippen LogP contribution in [0.3, 0.4) is 0 Å². The molecule has 2 aromatic rings. The molecule has 21 heavy (non-hydrogen) atoms. The predicted octanol–water partition coefficient (Wildman–Crippen LogP) is 1.11. The normalized spacial score (nSPS) is 15.7. The fraction of sp³-hybridized carbons (Fsp3) is 0.400. The van der Waals surface area contributed by atoms with E-state index in [1.165, 1.54) is 0 Å². The highest BCUT2D eigenvalue weighted by molar-refractivity contribution is 5.94. The van der Waals surface area contributed by atoms with Crippen LogP contribution in [0.25, 0.3) is 5.82 Å². The van der Waals surface area contributed by atoms with Crippen molar-refractivity contribution >= 4 is 5.91 Å². The van der Waals surface area contributed by atoms with Gasteiger partial charge in [-0.05, 0) is 30.9 Å². The van der Waals surface area contributed by atoms with Crippen molar-refractivity contribution in [3.05, 3.63) is 42.6 Å². The number of nitrogens with zero attached hydrogens (tertiary/aromatic N) is 4. The maximum Gasteiger partial charge on any atom is 0.253 e. The second kappa shape index (κ2) is 5.65. The van der Waals surface area contributed by atoms with E-state index in [-0.39, 0.29) is 5.91 Å². The van der Waals surface area contributed by atoms with Crippen molar-refractivity contribution in [2.24, 2.45) is 5.92 Å². The summed E-state index contributed by atoms with van der Waals surface area (Å²) in [6.07, 6.45) is 8.37. The lowest BCUT2D eigenvalue weighted by Gasteiger charge is -2.21. The third-order valence-electron chi connectivity index (χ3n) is 3.74. The summed E-state index contributed by atoms with van der Waals surface area (Å²) >= 11 is 0. The number of aromatic nitrogens is 3. The first kappa shape index (κ1) is 13.8. The molecular weight excluding hydrogens is 268 g/mol. The molecule has 3 rings (SSSR count). The van der Waals surface area contributed by atoms with Crippen molar-refractivity contribution in [1.82, 2.24) is 19.4 Å². The van der Waals surface area contributed by atoms with Crippen molar-refractivity contribution in [2.75, 3.05) is 13.6 Å². The number of aliphatic hydroxyl groups is 1. The zero-order valence-corrected chi connectivity index (χ0v) is 11.9. The van der Waals surface area contributed by atoms with Crippen LogP contribution in [0.1, 0.15) is 23.2 Å². The summed E-state index contributed by atoms with van der Waals surface area (Å²) in [7, 11) is 1.71. The summed E-state index contributed by atoms with van der Waals surface area (Å²) in [5, 5.41) is 9.94. The average Bonchev–Trinajstić information content (AvgIpc) is 3.21. The SMILES string of the molecule is CN(CC(O)C1CC1)C(=O)c1ccnc(-n2ccnc2)c1. The first-order valence-electron chi connectivity index (χ1n) is 7.03. The van der Waals surface area contributed by atoms with E-state index in [1.807, 2.05) is 0 Å². The summed E-state index contributed by atoms with van der Waals surface area (Å²) in [6, 6.07) is 3.41. The van der Waals surface area contributed by atoms with Crippen LogP contribution in [0.2, 0.25) is 0 Å². The van der Waals surface area contributed by atoms with Gasteiger partial charge in [-0.25, -0.2) is 9.97 Å². The van der Waals surface area contributed by atoms with Gasteiger partial charge < -0.3 is 10.0 Å².